The zero-order valence-corrected chi connectivity index (χ0v) is 11.8. The van der Waals surface area contributed by atoms with Crippen molar-refractivity contribution in [2.75, 3.05) is 0 Å². The first kappa shape index (κ1) is 14.4. The zero-order valence-electron chi connectivity index (χ0n) is 11.8. The first-order chi connectivity index (χ1) is 9.77. The van der Waals surface area contributed by atoms with Gasteiger partial charge >= 0.3 is 0 Å². The quantitative estimate of drug-likeness (QED) is 0.730. The molecule has 2 nitrogen and oxygen atoms in total. The number of hydrogen-bond acceptors (Lipinski definition) is 2. The van der Waals surface area contributed by atoms with E-state index in [0.717, 1.165) is 25.7 Å². The van der Waals surface area contributed by atoms with Gasteiger partial charge in [0, 0.05) is 5.56 Å². The van der Waals surface area contributed by atoms with Crippen LogP contribution in [0.1, 0.15) is 36.8 Å². The molecule has 0 amide bonds. The van der Waals surface area contributed by atoms with E-state index in [4.69, 9.17) is 0 Å². The minimum atomic E-state index is 0.203. The van der Waals surface area contributed by atoms with Crippen LogP contribution in [-0.2, 0) is 12.8 Å². The Balaban J connectivity index is 1.65. The van der Waals surface area contributed by atoms with Gasteiger partial charge < -0.3 is 10.2 Å². The number of benzene rings is 2. The van der Waals surface area contributed by atoms with Gasteiger partial charge in [0.15, 0.2) is 0 Å². The van der Waals surface area contributed by atoms with Gasteiger partial charge in [0.05, 0.1) is 0 Å². The Labute approximate surface area is 120 Å². The molecule has 2 heteroatoms. The average Bonchev–Trinajstić information content (AvgIpc) is 2.46. The van der Waals surface area contributed by atoms with Crippen molar-refractivity contribution in [1.29, 1.82) is 0 Å². The first-order valence-corrected chi connectivity index (χ1v) is 7.31. The van der Waals surface area contributed by atoms with E-state index < -0.39 is 0 Å². The third-order valence-electron chi connectivity index (χ3n) is 3.61. The topological polar surface area (TPSA) is 40.5 Å². The van der Waals surface area contributed by atoms with Crippen LogP contribution in [0.25, 0.3) is 0 Å². The van der Waals surface area contributed by atoms with Crippen LogP contribution < -0.4 is 0 Å². The van der Waals surface area contributed by atoms with Crippen molar-refractivity contribution in [2.45, 2.75) is 38.5 Å². The second-order valence-corrected chi connectivity index (χ2v) is 5.17. The maximum absolute atomic E-state index is 9.68. The van der Waals surface area contributed by atoms with Crippen LogP contribution in [0.15, 0.2) is 48.5 Å². The zero-order chi connectivity index (χ0) is 14.2. The third-order valence-corrected chi connectivity index (χ3v) is 3.61. The molecular formula is C18H22O2. The largest absolute Gasteiger partial charge is 0.508 e. The van der Waals surface area contributed by atoms with Crippen molar-refractivity contribution in [1.82, 2.24) is 0 Å². The highest BCUT2D eigenvalue weighted by Gasteiger charge is 2.05. The highest BCUT2D eigenvalue weighted by atomic mass is 16.3. The van der Waals surface area contributed by atoms with Gasteiger partial charge in [-0.05, 0) is 43.4 Å². The number of hydrogen-bond donors (Lipinski definition) is 2. The van der Waals surface area contributed by atoms with Gasteiger partial charge in [-0.3, -0.25) is 0 Å². The van der Waals surface area contributed by atoms with Crippen molar-refractivity contribution in [3.8, 4) is 11.5 Å². The molecule has 0 atom stereocenters. The monoisotopic (exact) mass is 270 g/mol. The van der Waals surface area contributed by atoms with E-state index >= 15 is 0 Å². The van der Waals surface area contributed by atoms with Crippen LogP contribution in [0.4, 0.5) is 0 Å². The van der Waals surface area contributed by atoms with Gasteiger partial charge in [0.2, 0.25) is 0 Å². The Morgan fingerprint density at radius 3 is 1.85 bits per heavy atom. The normalized spacial score (nSPS) is 10.6. The molecule has 0 aliphatic carbocycles. The SMILES string of the molecule is Oc1cccc(O)c1CCCCCCc1ccccc1. The summed E-state index contributed by atoms with van der Waals surface area (Å²) < 4.78 is 0. The van der Waals surface area contributed by atoms with Gasteiger partial charge in [0.1, 0.15) is 11.5 Å². The third kappa shape index (κ3) is 4.30. The van der Waals surface area contributed by atoms with E-state index in [1.165, 1.54) is 18.4 Å². The molecule has 0 aliphatic rings. The molecule has 0 heterocycles. The molecule has 0 aromatic heterocycles. The van der Waals surface area contributed by atoms with E-state index in [1.54, 1.807) is 18.2 Å². The number of phenols is 2. The van der Waals surface area contributed by atoms with E-state index in [0.29, 0.717) is 5.56 Å². The van der Waals surface area contributed by atoms with Crippen LogP contribution in [0, 0.1) is 0 Å². The summed E-state index contributed by atoms with van der Waals surface area (Å²) in [4.78, 5) is 0. The smallest absolute Gasteiger partial charge is 0.122 e. The summed E-state index contributed by atoms with van der Waals surface area (Å²) in [5.41, 5.74) is 2.07. The van der Waals surface area contributed by atoms with Crippen molar-refractivity contribution < 1.29 is 10.2 Å². The maximum Gasteiger partial charge on any atom is 0.122 e. The maximum atomic E-state index is 9.68. The van der Waals surface area contributed by atoms with Crippen molar-refractivity contribution in [3.63, 3.8) is 0 Å². The minimum Gasteiger partial charge on any atom is -0.508 e. The molecule has 0 saturated carbocycles. The van der Waals surface area contributed by atoms with Crippen molar-refractivity contribution in [3.05, 3.63) is 59.7 Å². The fourth-order valence-electron chi connectivity index (χ4n) is 2.45. The summed E-state index contributed by atoms with van der Waals surface area (Å²) >= 11 is 0. The summed E-state index contributed by atoms with van der Waals surface area (Å²) in [5, 5.41) is 19.4. The molecule has 2 N–H and O–H groups in total. The van der Waals surface area contributed by atoms with Crippen molar-refractivity contribution >= 4 is 0 Å². The highest BCUT2D eigenvalue weighted by molar-refractivity contribution is 5.42. The molecular weight excluding hydrogens is 248 g/mol. The molecule has 0 radical (unpaired) electrons. The van der Waals surface area contributed by atoms with Crippen LogP contribution in [-0.4, -0.2) is 10.2 Å². The molecule has 0 bridgehead atoms. The fourth-order valence-corrected chi connectivity index (χ4v) is 2.45. The van der Waals surface area contributed by atoms with Crippen molar-refractivity contribution in [2.24, 2.45) is 0 Å². The van der Waals surface area contributed by atoms with Crippen LogP contribution in [0.2, 0.25) is 0 Å². The molecule has 2 rings (SSSR count). The minimum absolute atomic E-state index is 0.203. The molecule has 2 aromatic rings. The lowest BCUT2D eigenvalue weighted by Crippen LogP contribution is -1.89. The average molecular weight is 270 g/mol. The Morgan fingerprint density at radius 1 is 0.600 bits per heavy atom. The molecule has 0 saturated heterocycles. The molecule has 0 fully saturated rings. The summed E-state index contributed by atoms with van der Waals surface area (Å²) in [6, 6.07) is 15.5. The number of phenolic OH excluding ortho intramolecular Hbond substituents is 2. The number of aromatic hydroxyl groups is 2. The standard InChI is InChI=1S/C18H22O2/c19-17-13-8-14-18(20)16(17)12-7-2-1-4-9-15-10-5-3-6-11-15/h3,5-6,8,10-11,13-14,19-20H,1-2,4,7,9,12H2. The lowest BCUT2D eigenvalue weighted by atomic mass is 10.0. The predicted molar refractivity (Wildman–Crippen MR) is 82.1 cm³/mol. The van der Waals surface area contributed by atoms with Crippen LogP contribution in [0.3, 0.4) is 0 Å². The Bertz CT molecular complexity index is 500. The number of rotatable bonds is 7. The van der Waals surface area contributed by atoms with Gasteiger partial charge in [-0.2, -0.15) is 0 Å². The van der Waals surface area contributed by atoms with E-state index in [9.17, 15) is 10.2 Å². The molecule has 0 spiro atoms. The Morgan fingerprint density at radius 2 is 1.20 bits per heavy atom. The second kappa shape index (κ2) is 7.59. The summed E-state index contributed by atoms with van der Waals surface area (Å²) in [7, 11) is 0. The lowest BCUT2D eigenvalue weighted by Gasteiger charge is -2.07. The highest BCUT2D eigenvalue weighted by Crippen LogP contribution is 2.28. The van der Waals surface area contributed by atoms with Gasteiger partial charge in [-0.25, -0.2) is 0 Å². The number of unbranched alkanes of at least 4 members (excludes halogenated alkanes) is 3. The van der Waals surface area contributed by atoms with Crippen LogP contribution >= 0.6 is 0 Å². The lowest BCUT2D eigenvalue weighted by molar-refractivity contribution is 0.435. The van der Waals surface area contributed by atoms with Crippen LogP contribution in [0.5, 0.6) is 11.5 Å². The molecule has 106 valence electrons. The number of aryl methyl sites for hydroxylation is 1. The molecule has 2 aromatic carbocycles. The Kier molecular flexibility index (Phi) is 5.48. The van der Waals surface area contributed by atoms with E-state index in [-0.39, 0.29) is 11.5 Å². The van der Waals surface area contributed by atoms with Gasteiger partial charge in [0.25, 0.3) is 0 Å². The molecule has 0 aliphatic heterocycles. The molecule has 0 unspecified atom stereocenters. The van der Waals surface area contributed by atoms with E-state index in [1.807, 2.05) is 6.07 Å². The van der Waals surface area contributed by atoms with Gasteiger partial charge in [-0.1, -0.05) is 49.2 Å². The van der Waals surface area contributed by atoms with E-state index in [2.05, 4.69) is 24.3 Å². The molecule has 20 heavy (non-hydrogen) atoms. The summed E-state index contributed by atoms with van der Waals surface area (Å²) in [6.07, 6.45) is 6.37. The second-order valence-electron chi connectivity index (χ2n) is 5.17. The fraction of sp³-hybridized carbons (Fsp3) is 0.333. The predicted octanol–water partition coefficient (Wildman–Crippen LogP) is 4.44. The first-order valence-electron chi connectivity index (χ1n) is 7.31. The Hall–Kier alpha value is -1.96. The van der Waals surface area contributed by atoms with Gasteiger partial charge in [-0.15, -0.1) is 0 Å². The summed E-state index contributed by atoms with van der Waals surface area (Å²) in [5.74, 6) is 0.406. The summed E-state index contributed by atoms with van der Waals surface area (Å²) in [6.45, 7) is 0.